The summed E-state index contributed by atoms with van der Waals surface area (Å²) in [5, 5.41) is 4.36. The molecule has 30 heavy (non-hydrogen) atoms. The van der Waals surface area contributed by atoms with Gasteiger partial charge in [0.1, 0.15) is 17.3 Å². The van der Waals surface area contributed by atoms with Gasteiger partial charge in [-0.1, -0.05) is 23.7 Å². The van der Waals surface area contributed by atoms with Gasteiger partial charge in [-0.05, 0) is 66.2 Å². The summed E-state index contributed by atoms with van der Waals surface area (Å²) in [6.45, 7) is -0.276. The van der Waals surface area contributed by atoms with Crippen LogP contribution < -0.4 is 14.9 Å². The maximum atomic E-state index is 12.8. The van der Waals surface area contributed by atoms with Gasteiger partial charge in [0.2, 0.25) is 0 Å². The van der Waals surface area contributed by atoms with E-state index in [1.807, 2.05) is 0 Å². The Kier molecular flexibility index (Phi) is 7.13. The number of carbonyl (C=O) groups is 2. The number of hydrogen-bond donors (Lipinski definition) is 1. The first-order valence-corrected chi connectivity index (χ1v) is 9.15. The third kappa shape index (κ3) is 6.42. The van der Waals surface area contributed by atoms with E-state index in [-0.39, 0.29) is 6.61 Å². The molecule has 1 amide bonds. The highest BCUT2D eigenvalue weighted by Crippen LogP contribution is 2.16. The number of amides is 1. The Hall–Kier alpha value is -3.71. The van der Waals surface area contributed by atoms with Crippen LogP contribution in [0.1, 0.15) is 15.9 Å². The predicted molar refractivity (Wildman–Crippen MR) is 110 cm³/mol. The Morgan fingerprint density at radius 1 is 1.00 bits per heavy atom. The highest BCUT2D eigenvalue weighted by Gasteiger charge is 2.08. The number of hydrogen-bond acceptors (Lipinski definition) is 5. The normalized spacial score (nSPS) is 10.6. The molecule has 8 heteroatoms. The second kappa shape index (κ2) is 10.2. The van der Waals surface area contributed by atoms with E-state index >= 15 is 0 Å². The Morgan fingerprint density at radius 2 is 1.73 bits per heavy atom. The Bertz CT molecular complexity index is 1050. The van der Waals surface area contributed by atoms with Gasteiger partial charge in [0, 0.05) is 5.02 Å². The monoisotopic (exact) mass is 426 g/mol. The number of ether oxygens (including phenoxy) is 2. The van der Waals surface area contributed by atoms with Crippen molar-refractivity contribution in [3.05, 3.63) is 94.8 Å². The second-order valence-electron chi connectivity index (χ2n) is 6.00. The van der Waals surface area contributed by atoms with Crippen molar-refractivity contribution < 1.29 is 23.5 Å². The molecule has 0 radical (unpaired) electrons. The van der Waals surface area contributed by atoms with Crippen molar-refractivity contribution >= 4 is 29.7 Å². The number of halogens is 2. The van der Waals surface area contributed by atoms with Crippen LogP contribution in [0, 0.1) is 5.82 Å². The molecule has 0 atom stereocenters. The van der Waals surface area contributed by atoms with Crippen LogP contribution in [-0.2, 0) is 4.79 Å². The van der Waals surface area contributed by atoms with Crippen LogP contribution in [0.4, 0.5) is 4.39 Å². The van der Waals surface area contributed by atoms with Crippen molar-refractivity contribution in [2.75, 3.05) is 6.61 Å². The van der Waals surface area contributed by atoms with Gasteiger partial charge in [0.05, 0.1) is 11.8 Å². The van der Waals surface area contributed by atoms with Crippen molar-refractivity contribution in [3.63, 3.8) is 0 Å². The van der Waals surface area contributed by atoms with E-state index in [9.17, 15) is 14.0 Å². The van der Waals surface area contributed by atoms with E-state index in [0.29, 0.717) is 27.6 Å². The van der Waals surface area contributed by atoms with E-state index in [4.69, 9.17) is 21.1 Å². The first-order valence-electron chi connectivity index (χ1n) is 8.78. The summed E-state index contributed by atoms with van der Waals surface area (Å²) in [5.41, 5.74) is 3.29. The number of benzene rings is 3. The molecule has 0 saturated heterocycles. The zero-order valence-electron chi connectivity index (χ0n) is 15.5. The summed E-state index contributed by atoms with van der Waals surface area (Å²) >= 11 is 5.81. The van der Waals surface area contributed by atoms with Gasteiger partial charge in [-0.15, -0.1) is 0 Å². The first kappa shape index (κ1) is 21.0. The van der Waals surface area contributed by atoms with Crippen LogP contribution in [0.3, 0.4) is 0 Å². The van der Waals surface area contributed by atoms with E-state index < -0.39 is 17.7 Å². The Labute approximate surface area is 176 Å². The molecule has 0 aliphatic rings. The van der Waals surface area contributed by atoms with Gasteiger partial charge < -0.3 is 9.47 Å². The van der Waals surface area contributed by atoms with Crippen LogP contribution in [0.25, 0.3) is 0 Å². The minimum Gasteiger partial charge on any atom is -0.484 e. The van der Waals surface area contributed by atoms with Gasteiger partial charge >= 0.3 is 5.97 Å². The molecular weight excluding hydrogens is 411 g/mol. The SMILES string of the molecule is O=C(COc1ccc(F)cc1)N/N=C/c1cccc(OC(=O)c2ccc(Cl)cc2)c1. The summed E-state index contributed by atoms with van der Waals surface area (Å²) in [6.07, 6.45) is 1.40. The number of rotatable bonds is 7. The quantitative estimate of drug-likeness (QED) is 0.265. The molecule has 0 saturated carbocycles. The molecule has 0 aromatic heterocycles. The van der Waals surface area contributed by atoms with Crippen molar-refractivity contribution in [2.24, 2.45) is 5.10 Å². The number of nitrogens with one attached hydrogen (secondary N) is 1. The van der Waals surface area contributed by atoms with Gasteiger partial charge in [-0.3, -0.25) is 4.79 Å². The molecular formula is C22H16ClFN2O4. The predicted octanol–water partition coefficient (Wildman–Crippen LogP) is 4.23. The molecule has 152 valence electrons. The van der Waals surface area contributed by atoms with Crippen LogP contribution in [0.15, 0.2) is 77.9 Å². The van der Waals surface area contributed by atoms with Gasteiger partial charge in [0.15, 0.2) is 6.61 Å². The van der Waals surface area contributed by atoms with Crippen molar-refractivity contribution in [2.45, 2.75) is 0 Å². The Balaban J connectivity index is 1.50. The average molecular weight is 427 g/mol. The fourth-order valence-electron chi connectivity index (χ4n) is 2.30. The molecule has 3 aromatic rings. The lowest BCUT2D eigenvalue weighted by molar-refractivity contribution is -0.123. The highest BCUT2D eigenvalue weighted by atomic mass is 35.5. The van der Waals surface area contributed by atoms with Crippen LogP contribution in [0.2, 0.25) is 5.02 Å². The zero-order valence-corrected chi connectivity index (χ0v) is 16.3. The van der Waals surface area contributed by atoms with Crippen LogP contribution >= 0.6 is 11.6 Å². The summed E-state index contributed by atoms with van der Waals surface area (Å²) in [7, 11) is 0. The van der Waals surface area contributed by atoms with E-state index in [1.165, 1.54) is 30.5 Å². The lowest BCUT2D eigenvalue weighted by Crippen LogP contribution is -2.24. The lowest BCUT2D eigenvalue weighted by Gasteiger charge is -2.06. The highest BCUT2D eigenvalue weighted by molar-refractivity contribution is 6.30. The van der Waals surface area contributed by atoms with E-state index in [2.05, 4.69) is 10.5 Å². The number of hydrazone groups is 1. The van der Waals surface area contributed by atoms with Crippen molar-refractivity contribution in [1.29, 1.82) is 0 Å². The zero-order chi connectivity index (χ0) is 21.3. The van der Waals surface area contributed by atoms with Crippen molar-refractivity contribution in [1.82, 2.24) is 5.43 Å². The molecule has 3 aromatic carbocycles. The standard InChI is InChI=1S/C22H16ClFN2O4/c23-17-6-4-16(5-7-17)22(28)30-20-3-1-2-15(12-20)13-25-26-21(27)14-29-19-10-8-18(24)9-11-19/h1-13H,14H2,(H,26,27)/b25-13+. The molecule has 0 aliphatic carbocycles. The van der Waals surface area contributed by atoms with Crippen molar-refractivity contribution in [3.8, 4) is 11.5 Å². The second-order valence-corrected chi connectivity index (χ2v) is 6.44. The van der Waals surface area contributed by atoms with Gasteiger partial charge in [-0.2, -0.15) is 5.10 Å². The largest absolute Gasteiger partial charge is 0.484 e. The number of esters is 1. The van der Waals surface area contributed by atoms with Crippen LogP contribution in [0.5, 0.6) is 11.5 Å². The molecule has 0 heterocycles. The summed E-state index contributed by atoms with van der Waals surface area (Å²) in [6, 6.07) is 18.3. The minimum absolute atomic E-state index is 0.276. The molecule has 6 nitrogen and oxygen atoms in total. The van der Waals surface area contributed by atoms with Gasteiger partial charge in [0.25, 0.3) is 5.91 Å². The topological polar surface area (TPSA) is 77.0 Å². The fraction of sp³-hybridized carbons (Fsp3) is 0.0455. The van der Waals surface area contributed by atoms with E-state index in [1.54, 1.807) is 48.5 Å². The summed E-state index contributed by atoms with van der Waals surface area (Å²) in [4.78, 5) is 23.9. The third-order valence-electron chi connectivity index (χ3n) is 3.74. The maximum Gasteiger partial charge on any atom is 0.343 e. The lowest BCUT2D eigenvalue weighted by atomic mass is 10.2. The average Bonchev–Trinajstić information content (AvgIpc) is 2.74. The molecule has 0 bridgehead atoms. The number of nitrogens with zero attached hydrogens (tertiary/aromatic N) is 1. The fourth-order valence-corrected chi connectivity index (χ4v) is 2.43. The summed E-state index contributed by atoms with van der Waals surface area (Å²) < 4.78 is 23.4. The Morgan fingerprint density at radius 3 is 2.47 bits per heavy atom. The third-order valence-corrected chi connectivity index (χ3v) is 3.99. The van der Waals surface area contributed by atoms with E-state index in [0.717, 1.165) is 0 Å². The maximum absolute atomic E-state index is 12.8. The molecule has 0 fully saturated rings. The summed E-state index contributed by atoms with van der Waals surface area (Å²) in [5.74, 6) is -0.707. The minimum atomic E-state index is -0.521. The van der Waals surface area contributed by atoms with Crippen LogP contribution in [-0.4, -0.2) is 24.7 Å². The molecule has 0 aliphatic heterocycles. The van der Waals surface area contributed by atoms with Gasteiger partial charge in [-0.25, -0.2) is 14.6 Å². The molecule has 0 spiro atoms. The first-order chi connectivity index (χ1) is 14.5. The molecule has 0 unspecified atom stereocenters. The smallest absolute Gasteiger partial charge is 0.343 e. The molecule has 1 N–H and O–H groups in total. The number of carbonyl (C=O) groups excluding carboxylic acids is 2. The molecule has 3 rings (SSSR count).